The maximum absolute atomic E-state index is 13.0. The summed E-state index contributed by atoms with van der Waals surface area (Å²) in [6.07, 6.45) is 3.54. The average Bonchev–Trinajstić information content (AvgIpc) is 3.03. The number of hydrogen-bond donors (Lipinski definition) is 0. The summed E-state index contributed by atoms with van der Waals surface area (Å²) in [7, 11) is 1.59. The third-order valence-corrected chi connectivity index (χ3v) is 5.70. The number of carbonyl (C=O) groups is 1. The van der Waals surface area contributed by atoms with Crippen molar-refractivity contribution in [2.75, 3.05) is 20.3 Å². The number of methoxy groups -OCH3 is 1. The highest BCUT2D eigenvalue weighted by atomic mass is 32.2. The zero-order valence-corrected chi connectivity index (χ0v) is 18.6. The van der Waals surface area contributed by atoms with E-state index in [9.17, 15) is 4.79 Å². The van der Waals surface area contributed by atoms with Crippen LogP contribution in [0.3, 0.4) is 0 Å². The molecule has 1 amide bonds. The van der Waals surface area contributed by atoms with E-state index in [2.05, 4.69) is 6.58 Å². The van der Waals surface area contributed by atoms with Gasteiger partial charge in [0.1, 0.15) is 6.61 Å². The molecular weight excluding hydrogens is 396 g/mol. The molecule has 1 saturated heterocycles. The third-order valence-electron chi connectivity index (χ3n) is 4.69. The van der Waals surface area contributed by atoms with Gasteiger partial charge in [-0.15, -0.1) is 0 Å². The van der Waals surface area contributed by atoms with Crippen molar-refractivity contribution in [3.8, 4) is 11.5 Å². The molecule has 0 radical (unpaired) electrons. The number of rotatable bonds is 7. The fourth-order valence-corrected chi connectivity index (χ4v) is 4.19. The van der Waals surface area contributed by atoms with Crippen molar-refractivity contribution in [1.82, 2.24) is 4.90 Å². The van der Waals surface area contributed by atoms with E-state index in [0.29, 0.717) is 34.7 Å². The first-order valence-corrected chi connectivity index (χ1v) is 10.6. The number of aryl methyl sites for hydroxylation is 2. The van der Waals surface area contributed by atoms with E-state index < -0.39 is 0 Å². The summed E-state index contributed by atoms with van der Waals surface area (Å²) in [5, 5.41) is 0.698. The molecule has 0 saturated carbocycles. The lowest BCUT2D eigenvalue weighted by atomic mass is 10.1. The molecule has 1 fully saturated rings. The standard InChI is InChI=1S/C24H26N2O3S/c1-6-13-29-19-12-11-18(14-20(19)28-5)15-21-23(27)26(7-2)24(30-21)25-22-16(3)9-8-10-17(22)4/h6,8-12,14-15H,1,7,13H2,2-5H3/b21-15+,25-24?. The van der Waals surface area contributed by atoms with Crippen LogP contribution in [-0.2, 0) is 4.79 Å². The Balaban J connectivity index is 1.94. The molecule has 30 heavy (non-hydrogen) atoms. The second-order valence-electron chi connectivity index (χ2n) is 6.80. The smallest absolute Gasteiger partial charge is 0.266 e. The number of hydrogen-bond acceptors (Lipinski definition) is 5. The molecule has 0 N–H and O–H groups in total. The molecule has 156 valence electrons. The Labute approximate surface area is 182 Å². The first-order chi connectivity index (χ1) is 14.5. The van der Waals surface area contributed by atoms with E-state index in [1.807, 2.05) is 63.2 Å². The van der Waals surface area contributed by atoms with Crippen LogP contribution in [0.15, 0.2) is 59.0 Å². The van der Waals surface area contributed by atoms with Gasteiger partial charge in [0.2, 0.25) is 0 Å². The Morgan fingerprint density at radius 2 is 1.90 bits per heavy atom. The van der Waals surface area contributed by atoms with Crippen LogP contribution in [0.25, 0.3) is 6.08 Å². The van der Waals surface area contributed by atoms with Crippen molar-refractivity contribution in [3.63, 3.8) is 0 Å². The van der Waals surface area contributed by atoms with Gasteiger partial charge in [-0.05, 0) is 67.4 Å². The summed E-state index contributed by atoms with van der Waals surface area (Å²) in [6.45, 7) is 10.6. The van der Waals surface area contributed by atoms with E-state index in [-0.39, 0.29) is 5.91 Å². The predicted octanol–water partition coefficient (Wildman–Crippen LogP) is 5.50. The fourth-order valence-electron chi connectivity index (χ4n) is 3.14. The normalized spacial score (nSPS) is 16.4. The molecule has 1 aliphatic rings. The number of likely N-dealkylation sites (N-methyl/N-ethyl adjacent to an activating group) is 1. The number of aliphatic imine (C=N–C) groups is 1. The molecule has 2 aromatic carbocycles. The number of carbonyl (C=O) groups excluding carboxylic acids is 1. The van der Waals surface area contributed by atoms with Crippen molar-refractivity contribution >= 4 is 34.6 Å². The lowest BCUT2D eigenvalue weighted by Crippen LogP contribution is -2.28. The topological polar surface area (TPSA) is 51.1 Å². The second kappa shape index (κ2) is 9.67. The van der Waals surface area contributed by atoms with E-state index >= 15 is 0 Å². The van der Waals surface area contributed by atoms with Gasteiger partial charge >= 0.3 is 0 Å². The fraction of sp³-hybridized carbons (Fsp3) is 0.250. The van der Waals surface area contributed by atoms with Gasteiger partial charge in [-0.25, -0.2) is 4.99 Å². The molecule has 0 spiro atoms. The predicted molar refractivity (Wildman–Crippen MR) is 125 cm³/mol. The van der Waals surface area contributed by atoms with Gasteiger partial charge in [-0.1, -0.05) is 36.9 Å². The summed E-state index contributed by atoms with van der Waals surface area (Å²) < 4.78 is 11.0. The van der Waals surface area contributed by atoms with Gasteiger partial charge in [0, 0.05) is 6.54 Å². The van der Waals surface area contributed by atoms with Crippen LogP contribution in [0.2, 0.25) is 0 Å². The number of benzene rings is 2. The number of nitrogens with zero attached hydrogens (tertiary/aromatic N) is 2. The van der Waals surface area contributed by atoms with Crippen LogP contribution in [-0.4, -0.2) is 36.2 Å². The van der Waals surface area contributed by atoms with Gasteiger partial charge in [0.25, 0.3) is 5.91 Å². The molecule has 1 heterocycles. The van der Waals surface area contributed by atoms with Crippen LogP contribution in [0.4, 0.5) is 5.69 Å². The van der Waals surface area contributed by atoms with E-state index in [1.54, 1.807) is 18.1 Å². The van der Waals surface area contributed by atoms with Crippen molar-refractivity contribution < 1.29 is 14.3 Å². The molecule has 5 nitrogen and oxygen atoms in total. The molecule has 2 aromatic rings. The van der Waals surface area contributed by atoms with Crippen molar-refractivity contribution in [2.45, 2.75) is 20.8 Å². The molecule has 0 bridgehead atoms. The first kappa shape index (κ1) is 21.7. The van der Waals surface area contributed by atoms with Crippen LogP contribution < -0.4 is 9.47 Å². The molecule has 6 heteroatoms. The molecule has 0 aliphatic carbocycles. The maximum atomic E-state index is 13.0. The number of para-hydroxylation sites is 1. The Morgan fingerprint density at radius 1 is 1.17 bits per heavy atom. The quantitative estimate of drug-likeness (QED) is 0.437. The number of thioether (sulfide) groups is 1. The lowest BCUT2D eigenvalue weighted by Gasteiger charge is -2.13. The van der Waals surface area contributed by atoms with Gasteiger partial charge in [0.15, 0.2) is 16.7 Å². The zero-order valence-electron chi connectivity index (χ0n) is 17.8. The number of amides is 1. The third kappa shape index (κ3) is 4.60. The Hall–Kier alpha value is -2.99. The molecule has 1 aliphatic heterocycles. The van der Waals surface area contributed by atoms with Crippen molar-refractivity contribution in [2.24, 2.45) is 4.99 Å². The largest absolute Gasteiger partial charge is 0.493 e. The monoisotopic (exact) mass is 422 g/mol. The molecule has 0 unspecified atom stereocenters. The van der Waals surface area contributed by atoms with E-state index in [1.165, 1.54) is 11.8 Å². The van der Waals surface area contributed by atoms with Crippen LogP contribution >= 0.6 is 11.8 Å². The van der Waals surface area contributed by atoms with Gasteiger partial charge in [-0.2, -0.15) is 0 Å². The minimum Gasteiger partial charge on any atom is -0.493 e. The average molecular weight is 423 g/mol. The SMILES string of the molecule is C=CCOc1ccc(/C=C2/SC(=Nc3c(C)cccc3C)N(CC)C2=O)cc1OC. The summed E-state index contributed by atoms with van der Waals surface area (Å²) in [4.78, 5) is 20.1. The van der Waals surface area contributed by atoms with Crippen LogP contribution in [0, 0.1) is 13.8 Å². The van der Waals surface area contributed by atoms with Crippen molar-refractivity contribution in [1.29, 1.82) is 0 Å². The zero-order chi connectivity index (χ0) is 21.7. The van der Waals surface area contributed by atoms with Gasteiger partial charge < -0.3 is 9.47 Å². The first-order valence-electron chi connectivity index (χ1n) is 9.76. The van der Waals surface area contributed by atoms with E-state index in [0.717, 1.165) is 22.4 Å². The Morgan fingerprint density at radius 3 is 2.53 bits per heavy atom. The number of ether oxygens (including phenoxy) is 2. The van der Waals surface area contributed by atoms with Gasteiger partial charge in [-0.3, -0.25) is 9.69 Å². The summed E-state index contributed by atoms with van der Waals surface area (Å²) in [5.74, 6) is 1.20. The number of amidine groups is 1. The maximum Gasteiger partial charge on any atom is 0.266 e. The molecule has 0 aromatic heterocycles. The van der Waals surface area contributed by atoms with E-state index in [4.69, 9.17) is 14.5 Å². The molecule has 3 rings (SSSR count). The summed E-state index contributed by atoms with van der Waals surface area (Å²) >= 11 is 1.39. The minimum atomic E-state index is -0.0431. The summed E-state index contributed by atoms with van der Waals surface area (Å²) in [5.41, 5.74) is 3.95. The van der Waals surface area contributed by atoms with Crippen molar-refractivity contribution in [3.05, 3.63) is 70.6 Å². The van der Waals surface area contributed by atoms with Gasteiger partial charge in [0.05, 0.1) is 17.7 Å². The lowest BCUT2D eigenvalue weighted by molar-refractivity contribution is -0.122. The molecular formula is C24H26N2O3S. The van der Waals surface area contributed by atoms with Crippen LogP contribution in [0.5, 0.6) is 11.5 Å². The Bertz CT molecular complexity index is 1010. The highest BCUT2D eigenvalue weighted by molar-refractivity contribution is 8.18. The van der Waals surface area contributed by atoms with Crippen LogP contribution in [0.1, 0.15) is 23.6 Å². The Kier molecular flexibility index (Phi) is 7.00. The summed E-state index contributed by atoms with van der Waals surface area (Å²) in [6, 6.07) is 11.7. The second-order valence-corrected chi connectivity index (χ2v) is 7.81. The molecule has 0 atom stereocenters. The minimum absolute atomic E-state index is 0.0431. The highest BCUT2D eigenvalue weighted by Crippen LogP contribution is 2.36. The highest BCUT2D eigenvalue weighted by Gasteiger charge is 2.32.